The van der Waals surface area contributed by atoms with Gasteiger partial charge in [-0.1, -0.05) is 12.1 Å². The molecule has 1 amide bonds. The van der Waals surface area contributed by atoms with Crippen molar-refractivity contribution in [1.82, 2.24) is 0 Å². The number of benzene rings is 2. The second kappa shape index (κ2) is 7.77. The van der Waals surface area contributed by atoms with Crippen molar-refractivity contribution in [3.8, 4) is 17.2 Å². The van der Waals surface area contributed by atoms with Crippen LogP contribution < -0.4 is 19.5 Å². The van der Waals surface area contributed by atoms with Crippen molar-refractivity contribution < 1.29 is 28.5 Å². The van der Waals surface area contributed by atoms with Gasteiger partial charge in [-0.15, -0.1) is 0 Å². The molecule has 26 heavy (non-hydrogen) atoms. The van der Waals surface area contributed by atoms with E-state index >= 15 is 0 Å². The Morgan fingerprint density at radius 2 is 1.96 bits per heavy atom. The monoisotopic (exact) mass is 357 g/mol. The summed E-state index contributed by atoms with van der Waals surface area (Å²) in [5, 5.41) is 2.63. The van der Waals surface area contributed by atoms with Crippen molar-refractivity contribution in [1.29, 1.82) is 0 Å². The van der Waals surface area contributed by atoms with Gasteiger partial charge in [0, 0.05) is 11.8 Å². The summed E-state index contributed by atoms with van der Waals surface area (Å²) in [5.41, 5.74) is 1.55. The van der Waals surface area contributed by atoms with Crippen LogP contribution in [0.5, 0.6) is 17.2 Å². The molecule has 1 heterocycles. The number of esters is 1. The number of amides is 1. The summed E-state index contributed by atoms with van der Waals surface area (Å²) in [5.74, 6) is 0.670. The maximum atomic E-state index is 12.0. The maximum Gasteiger partial charge on any atom is 0.347 e. The zero-order valence-corrected chi connectivity index (χ0v) is 14.5. The van der Waals surface area contributed by atoms with E-state index in [1.165, 1.54) is 0 Å². The number of nitrogens with one attached hydrogen (secondary N) is 1. The molecule has 7 nitrogen and oxygen atoms in total. The van der Waals surface area contributed by atoms with E-state index in [1.54, 1.807) is 31.2 Å². The molecule has 2 aromatic rings. The minimum absolute atomic E-state index is 0.156. The smallest absolute Gasteiger partial charge is 0.347 e. The first-order valence-electron chi connectivity index (χ1n) is 8.11. The van der Waals surface area contributed by atoms with Gasteiger partial charge in [0.15, 0.2) is 24.2 Å². The number of anilines is 1. The summed E-state index contributed by atoms with van der Waals surface area (Å²) in [7, 11) is 0. The Kier molecular flexibility index (Phi) is 5.26. The Morgan fingerprint density at radius 1 is 1.15 bits per heavy atom. The fourth-order valence-corrected chi connectivity index (χ4v) is 2.37. The Labute approximate surface area is 150 Å². The zero-order valence-electron chi connectivity index (χ0n) is 14.5. The topological polar surface area (TPSA) is 83.1 Å². The second-order valence-electron chi connectivity index (χ2n) is 5.80. The lowest BCUT2D eigenvalue weighted by atomic mass is 10.2. The highest BCUT2D eigenvalue weighted by atomic mass is 16.7. The summed E-state index contributed by atoms with van der Waals surface area (Å²) in [4.78, 5) is 23.9. The molecule has 1 aliphatic heterocycles. The van der Waals surface area contributed by atoms with E-state index < -0.39 is 24.6 Å². The van der Waals surface area contributed by atoms with Gasteiger partial charge < -0.3 is 24.3 Å². The molecule has 0 fully saturated rings. The van der Waals surface area contributed by atoms with Crippen LogP contribution in [0.3, 0.4) is 0 Å². The third kappa shape index (κ3) is 4.44. The molecule has 0 saturated heterocycles. The molecule has 2 aromatic carbocycles. The predicted octanol–water partition coefficient (Wildman–Crippen LogP) is 2.67. The Morgan fingerprint density at radius 3 is 2.77 bits per heavy atom. The molecule has 1 aliphatic rings. The third-order valence-electron chi connectivity index (χ3n) is 3.64. The molecular weight excluding hydrogens is 338 g/mol. The van der Waals surface area contributed by atoms with Gasteiger partial charge in [0.05, 0.1) is 0 Å². The van der Waals surface area contributed by atoms with Crippen LogP contribution in [0.4, 0.5) is 5.69 Å². The van der Waals surface area contributed by atoms with Gasteiger partial charge in [-0.25, -0.2) is 4.79 Å². The van der Waals surface area contributed by atoms with E-state index in [0.717, 1.165) is 5.56 Å². The molecule has 0 spiro atoms. The average Bonchev–Trinajstić information content (AvgIpc) is 3.07. The molecule has 0 bridgehead atoms. The molecule has 136 valence electrons. The Bertz CT molecular complexity index is 819. The van der Waals surface area contributed by atoms with Crippen molar-refractivity contribution in [3.63, 3.8) is 0 Å². The molecule has 7 heteroatoms. The fourth-order valence-electron chi connectivity index (χ4n) is 2.37. The minimum Gasteiger partial charge on any atom is -0.479 e. The second-order valence-corrected chi connectivity index (χ2v) is 5.80. The van der Waals surface area contributed by atoms with E-state index in [2.05, 4.69) is 5.32 Å². The van der Waals surface area contributed by atoms with Crippen molar-refractivity contribution in [2.45, 2.75) is 20.0 Å². The first kappa shape index (κ1) is 17.6. The molecule has 0 radical (unpaired) electrons. The van der Waals surface area contributed by atoms with Gasteiger partial charge in [-0.2, -0.15) is 0 Å². The van der Waals surface area contributed by atoms with Gasteiger partial charge in [0.25, 0.3) is 5.91 Å². The van der Waals surface area contributed by atoms with Crippen molar-refractivity contribution >= 4 is 17.6 Å². The highest BCUT2D eigenvalue weighted by Gasteiger charge is 2.19. The van der Waals surface area contributed by atoms with Crippen LogP contribution in [0.2, 0.25) is 0 Å². The van der Waals surface area contributed by atoms with Crippen LogP contribution in [0.1, 0.15) is 12.5 Å². The number of aryl methyl sites for hydroxylation is 1. The van der Waals surface area contributed by atoms with Crippen LogP contribution in [0, 0.1) is 6.92 Å². The predicted molar refractivity (Wildman–Crippen MR) is 93.4 cm³/mol. The van der Waals surface area contributed by atoms with E-state index in [-0.39, 0.29) is 6.79 Å². The lowest BCUT2D eigenvalue weighted by Crippen LogP contribution is -2.29. The molecule has 0 unspecified atom stereocenters. The Balaban J connectivity index is 1.47. The lowest BCUT2D eigenvalue weighted by molar-refractivity contribution is -0.153. The zero-order chi connectivity index (χ0) is 18.5. The molecule has 0 aliphatic carbocycles. The molecular formula is C19H19NO6. The largest absolute Gasteiger partial charge is 0.479 e. The lowest BCUT2D eigenvalue weighted by Gasteiger charge is -2.14. The number of hydrogen-bond acceptors (Lipinski definition) is 6. The van der Waals surface area contributed by atoms with Gasteiger partial charge >= 0.3 is 5.97 Å². The van der Waals surface area contributed by atoms with Crippen LogP contribution in [0.25, 0.3) is 0 Å². The molecule has 0 aromatic heterocycles. The summed E-state index contributed by atoms with van der Waals surface area (Å²) in [6.07, 6.45) is -0.824. The summed E-state index contributed by atoms with van der Waals surface area (Å²) >= 11 is 0. The quantitative estimate of drug-likeness (QED) is 0.801. The number of hydrogen-bond donors (Lipinski definition) is 1. The molecule has 0 saturated carbocycles. The van der Waals surface area contributed by atoms with Crippen molar-refractivity contribution in [2.75, 3.05) is 18.7 Å². The number of ether oxygens (including phenoxy) is 4. The summed E-state index contributed by atoms with van der Waals surface area (Å²) in [6.45, 7) is 3.24. The molecule has 1 atom stereocenters. The normalized spacial score (nSPS) is 13.0. The third-order valence-corrected chi connectivity index (χ3v) is 3.64. The highest BCUT2D eigenvalue weighted by Crippen LogP contribution is 2.34. The van der Waals surface area contributed by atoms with Gasteiger partial charge in [0.1, 0.15) is 5.75 Å². The standard InChI is InChI=1S/C19H19NO6/c1-12-4-3-5-15(8-12)26-13(2)19(22)23-10-18(21)20-14-6-7-16-17(9-14)25-11-24-16/h3-9,13H,10-11H2,1-2H3,(H,20,21)/t13-/m1/s1. The van der Waals surface area contributed by atoms with Gasteiger partial charge in [-0.05, 0) is 43.7 Å². The van der Waals surface area contributed by atoms with Crippen molar-refractivity contribution in [3.05, 3.63) is 48.0 Å². The van der Waals surface area contributed by atoms with E-state index in [1.807, 2.05) is 25.1 Å². The van der Waals surface area contributed by atoms with Crippen LogP contribution in [0.15, 0.2) is 42.5 Å². The number of carbonyl (C=O) groups is 2. The van der Waals surface area contributed by atoms with E-state index in [9.17, 15) is 9.59 Å². The van der Waals surface area contributed by atoms with E-state index in [4.69, 9.17) is 18.9 Å². The maximum absolute atomic E-state index is 12.0. The van der Waals surface area contributed by atoms with Crippen LogP contribution in [-0.2, 0) is 14.3 Å². The van der Waals surface area contributed by atoms with E-state index in [0.29, 0.717) is 22.9 Å². The number of rotatable bonds is 6. The molecule has 3 rings (SSSR count). The number of fused-ring (bicyclic) bond motifs is 1. The molecule has 1 N–H and O–H groups in total. The summed E-state index contributed by atoms with van der Waals surface area (Å²) in [6, 6.07) is 12.3. The Hall–Kier alpha value is -3.22. The minimum atomic E-state index is -0.824. The highest BCUT2D eigenvalue weighted by molar-refractivity contribution is 5.93. The van der Waals surface area contributed by atoms with Crippen molar-refractivity contribution in [2.24, 2.45) is 0 Å². The number of carbonyl (C=O) groups excluding carboxylic acids is 2. The average molecular weight is 357 g/mol. The first-order chi connectivity index (χ1) is 12.5. The van der Waals surface area contributed by atoms with Gasteiger partial charge in [0.2, 0.25) is 6.79 Å². The first-order valence-corrected chi connectivity index (χ1v) is 8.11. The summed E-state index contributed by atoms with van der Waals surface area (Å²) < 4.78 is 21.0. The van der Waals surface area contributed by atoms with Crippen LogP contribution >= 0.6 is 0 Å². The SMILES string of the molecule is Cc1cccc(O[C@H](C)C(=O)OCC(=O)Nc2ccc3c(c2)OCO3)c1. The van der Waals surface area contributed by atoms with Gasteiger partial charge in [-0.3, -0.25) is 4.79 Å². The van der Waals surface area contributed by atoms with Crippen LogP contribution in [-0.4, -0.2) is 31.4 Å². The fraction of sp³-hybridized carbons (Fsp3) is 0.263.